The first-order chi connectivity index (χ1) is 8.19. The Labute approximate surface area is 98.8 Å². The van der Waals surface area contributed by atoms with E-state index >= 15 is 0 Å². The topological polar surface area (TPSA) is 44.5 Å². The Morgan fingerprint density at radius 3 is 2.76 bits per heavy atom. The predicted octanol–water partition coefficient (Wildman–Crippen LogP) is 2.66. The third-order valence-electron chi connectivity index (χ3n) is 2.07. The Bertz CT molecular complexity index is 381. The van der Waals surface area contributed by atoms with Crippen LogP contribution in [0.5, 0.6) is 11.5 Å². The van der Waals surface area contributed by atoms with Crippen molar-refractivity contribution in [3.05, 3.63) is 29.8 Å². The van der Waals surface area contributed by atoms with Crippen molar-refractivity contribution in [2.75, 3.05) is 13.7 Å². The van der Waals surface area contributed by atoms with E-state index in [0.717, 1.165) is 0 Å². The van der Waals surface area contributed by atoms with Crippen LogP contribution >= 0.6 is 0 Å². The maximum absolute atomic E-state index is 12.3. The van der Waals surface area contributed by atoms with Crippen LogP contribution in [0.4, 0.5) is 8.78 Å². The van der Waals surface area contributed by atoms with Gasteiger partial charge in [-0.2, -0.15) is 8.78 Å². The Kier molecular flexibility index (Phi) is 5.42. The van der Waals surface area contributed by atoms with Crippen LogP contribution < -0.4 is 15.2 Å². The highest BCUT2D eigenvalue weighted by atomic mass is 19.3. The normalized spacial score (nSPS) is 11.1. The molecule has 0 aliphatic carbocycles. The standard InChI is InChI=1S/C12H15F2NO2/c1-16-10-7-4-6-9(5-2-3-8-15)11(10)17-12(13)14/h2,4-7,12H,3,8,15H2,1H3. The smallest absolute Gasteiger partial charge is 0.387 e. The third-order valence-corrected chi connectivity index (χ3v) is 2.07. The molecule has 0 unspecified atom stereocenters. The highest BCUT2D eigenvalue weighted by Gasteiger charge is 2.13. The third kappa shape index (κ3) is 4.03. The maximum atomic E-state index is 12.3. The fourth-order valence-corrected chi connectivity index (χ4v) is 1.35. The molecule has 0 fully saturated rings. The molecule has 1 aromatic rings. The number of rotatable bonds is 6. The summed E-state index contributed by atoms with van der Waals surface area (Å²) in [6.45, 7) is -2.38. The number of hydrogen-bond donors (Lipinski definition) is 1. The molecule has 0 radical (unpaired) electrons. The van der Waals surface area contributed by atoms with E-state index in [9.17, 15) is 8.78 Å². The Balaban J connectivity index is 3.01. The first-order valence-electron chi connectivity index (χ1n) is 5.17. The fourth-order valence-electron chi connectivity index (χ4n) is 1.35. The first-order valence-corrected chi connectivity index (χ1v) is 5.17. The average molecular weight is 243 g/mol. The Morgan fingerprint density at radius 1 is 1.41 bits per heavy atom. The molecule has 3 nitrogen and oxygen atoms in total. The van der Waals surface area contributed by atoms with Crippen molar-refractivity contribution in [2.24, 2.45) is 5.73 Å². The molecule has 1 aromatic carbocycles. The molecule has 0 atom stereocenters. The maximum Gasteiger partial charge on any atom is 0.387 e. The molecule has 0 aliphatic rings. The first kappa shape index (κ1) is 13.4. The second-order valence-electron chi connectivity index (χ2n) is 3.24. The van der Waals surface area contributed by atoms with Gasteiger partial charge in [0.1, 0.15) is 0 Å². The number of alkyl halides is 2. The van der Waals surface area contributed by atoms with Crippen molar-refractivity contribution in [3.8, 4) is 11.5 Å². The molecule has 1 rings (SSSR count). The second kappa shape index (κ2) is 6.85. The molecule has 17 heavy (non-hydrogen) atoms. The zero-order valence-corrected chi connectivity index (χ0v) is 9.53. The quantitative estimate of drug-likeness (QED) is 0.835. The van der Waals surface area contributed by atoms with Crippen LogP contribution in [0.2, 0.25) is 0 Å². The second-order valence-corrected chi connectivity index (χ2v) is 3.24. The summed E-state index contributed by atoms with van der Waals surface area (Å²) in [4.78, 5) is 0. The molecule has 0 heterocycles. The summed E-state index contributed by atoms with van der Waals surface area (Å²) in [5, 5.41) is 0. The van der Waals surface area contributed by atoms with E-state index in [1.54, 1.807) is 30.4 Å². The van der Waals surface area contributed by atoms with Crippen molar-refractivity contribution in [1.29, 1.82) is 0 Å². The molecule has 0 saturated carbocycles. The number of halogens is 2. The zero-order chi connectivity index (χ0) is 12.7. The van der Waals surface area contributed by atoms with E-state index in [1.807, 2.05) is 0 Å². The van der Waals surface area contributed by atoms with Crippen LogP contribution in [0.25, 0.3) is 6.08 Å². The summed E-state index contributed by atoms with van der Waals surface area (Å²) in [5.41, 5.74) is 5.88. The average Bonchev–Trinajstić information content (AvgIpc) is 2.30. The minimum Gasteiger partial charge on any atom is -0.493 e. The van der Waals surface area contributed by atoms with Crippen molar-refractivity contribution >= 4 is 6.08 Å². The van der Waals surface area contributed by atoms with Gasteiger partial charge in [0.05, 0.1) is 7.11 Å². The number of ether oxygens (including phenoxy) is 2. The molecule has 5 heteroatoms. The lowest BCUT2D eigenvalue weighted by Crippen LogP contribution is -2.05. The van der Waals surface area contributed by atoms with Gasteiger partial charge in [-0.15, -0.1) is 0 Å². The number of benzene rings is 1. The van der Waals surface area contributed by atoms with Gasteiger partial charge in [-0.25, -0.2) is 0 Å². The van der Waals surface area contributed by atoms with Crippen molar-refractivity contribution in [2.45, 2.75) is 13.0 Å². The monoisotopic (exact) mass is 243 g/mol. The molecule has 94 valence electrons. The van der Waals surface area contributed by atoms with Crippen molar-refractivity contribution in [3.63, 3.8) is 0 Å². The van der Waals surface area contributed by atoms with E-state index in [2.05, 4.69) is 4.74 Å². The zero-order valence-electron chi connectivity index (χ0n) is 9.53. The summed E-state index contributed by atoms with van der Waals surface area (Å²) >= 11 is 0. The lowest BCUT2D eigenvalue weighted by Gasteiger charge is -2.12. The molecule has 2 N–H and O–H groups in total. The lowest BCUT2D eigenvalue weighted by atomic mass is 10.1. The van der Waals surface area contributed by atoms with Crippen LogP contribution in [0, 0.1) is 0 Å². The highest BCUT2D eigenvalue weighted by molar-refractivity contribution is 5.62. The van der Waals surface area contributed by atoms with Gasteiger partial charge in [-0.05, 0) is 19.0 Å². The molecule has 0 aliphatic heterocycles. The molecule has 0 bridgehead atoms. The van der Waals surface area contributed by atoms with Gasteiger partial charge >= 0.3 is 6.61 Å². The summed E-state index contributed by atoms with van der Waals surface area (Å²) in [6.07, 6.45) is 4.16. The van der Waals surface area contributed by atoms with Gasteiger partial charge < -0.3 is 15.2 Å². The van der Waals surface area contributed by atoms with Gasteiger partial charge in [-0.1, -0.05) is 24.3 Å². The number of hydrogen-bond acceptors (Lipinski definition) is 3. The molecule has 0 spiro atoms. The number of para-hydroxylation sites is 1. The predicted molar refractivity (Wildman–Crippen MR) is 62.3 cm³/mol. The van der Waals surface area contributed by atoms with Crippen LogP contribution in [0.15, 0.2) is 24.3 Å². The van der Waals surface area contributed by atoms with Gasteiger partial charge in [-0.3, -0.25) is 0 Å². The highest BCUT2D eigenvalue weighted by Crippen LogP contribution is 2.33. The molecular formula is C12H15F2NO2. The molecule has 0 aromatic heterocycles. The van der Waals surface area contributed by atoms with Gasteiger partial charge in [0.15, 0.2) is 11.5 Å². The number of nitrogens with two attached hydrogens (primary N) is 1. The van der Waals surface area contributed by atoms with Crippen LogP contribution in [-0.2, 0) is 0 Å². The Hall–Kier alpha value is -1.62. The number of methoxy groups -OCH3 is 1. The summed E-state index contributed by atoms with van der Waals surface area (Å²) < 4.78 is 34.0. The van der Waals surface area contributed by atoms with Crippen LogP contribution in [-0.4, -0.2) is 20.3 Å². The van der Waals surface area contributed by atoms with E-state index in [0.29, 0.717) is 18.5 Å². The van der Waals surface area contributed by atoms with E-state index < -0.39 is 6.61 Å². The summed E-state index contributed by atoms with van der Waals surface area (Å²) in [6, 6.07) is 4.95. The summed E-state index contributed by atoms with van der Waals surface area (Å²) in [7, 11) is 1.40. The van der Waals surface area contributed by atoms with E-state index in [1.165, 1.54) is 7.11 Å². The van der Waals surface area contributed by atoms with Gasteiger partial charge in [0.25, 0.3) is 0 Å². The van der Waals surface area contributed by atoms with Crippen LogP contribution in [0.3, 0.4) is 0 Å². The molecular weight excluding hydrogens is 228 g/mol. The Morgan fingerprint density at radius 2 is 2.18 bits per heavy atom. The van der Waals surface area contributed by atoms with Crippen molar-refractivity contribution < 1.29 is 18.3 Å². The van der Waals surface area contributed by atoms with Gasteiger partial charge in [0.2, 0.25) is 0 Å². The van der Waals surface area contributed by atoms with Crippen molar-refractivity contribution in [1.82, 2.24) is 0 Å². The minimum atomic E-state index is -2.88. The lowest BCUT2D eigenvalue weighted by molar-refractivity contribution is -0.0513. The van der Waals surface area contributed by atoms with Crippen LogP contribution in [0.1, 0.15) is 12.0 Å². The summed E-state index contributed by atoms with van der Waals surface area (Å²) in [5.74, 6) is 0.318. The fraction of sp³-hybridized carbons (Fsp3) is 0.333. The van der Waals surface area contributed by atoms with Gasteiger partial charge in [0, 0.05) is 5.56 Å². The molecule has 0 saturated heterocycles. The minimum absolute atomic E-state index is 0.0401. The van der Waals surface area contributed by atoms with E-state index in [-0.39, 0.29) is 11.5 Å². The SMILES string of the molecule is COc1cccc(C=CCCN)c1OC(F)F. The largest absolute Gasteiger partial charge is 0.493 e. The molecule has 0 amide bonds. The van der Waals surface area contributed by atoms with E-state index in [4.69, 9.17) is 10.5 Å².